The summed E-state index contributed by atoms with van der Waals surface area (Å²) in [6, 6.07) is 0. The number of hydrogen-bond acceptors (Lipinski definition) is 3. The number of ketones is 1. The molecule has 1 aliphatic rings. The predicted octanol–water partition coefficient (Wildman–Crippen LogP) is 3.02. The van der Waals surface area contributed by atoms with Crippen LogP contribution in [0.4, 0.5) is 0 Å². The molecule has 1 heterocycles. The van der Waals surface area contributed by atoms with E-state index in [-0.39, 0.29) is 5.41 Å². The van der Waals surface area contributed by atoms with E-state index >= 15 is 0 Å². The second-order valence-corrected chi connectivity index (χ2v) is 6.47. The van der Waals surface area contributed by atoms with Gasteiger partial charge >= 0.3 is 0 Å². The van der Waals surface area contributed by atoms with Crippen molar-refractivity contribution in [2.45, 2.75) is 65.8 Å². The minimum Gasteiger partial charge on any atom is -0.299 e. The van der Waals surface area contributed by atoms with Crippen molar-refractivity contribution in [1.82, 2.24) is 14.8 Å². The first-order valence-electron chi connectivity index (χ1n) is 7.41. The topological polar surface area (TPSA) is 47.8 Å². The van der Waals surface area contributed by atoms with Gasteiger partial charge in [-0.3, -0.25) is 4.79 Å². The van der Waals surface area contributed by atoms with Gasteiger partial charge < -0.3 is 0 Å². The van der Waals surface area contributed by atoms with Crippen LogP contribution in [0.25, 0.3) is 0 Å². The molecule has 0 atom stereocenters. The molecular formula is C15H25N3O. The van der Waals surface area contributed by atoms with Gasteiger partial charge in [0.05, 0.1) is 6.42 Å². The summed E-state index contributed by atoms with van der Waals surface area (Å²) in [7, 11) is 0. The largest absolute Gasteiger partial charge is 0.299 e. The molecule has 0 unspecified atom stereocenters. The smallest absolute Gasteiger partial charge is 0.146 e. The maximum absolute atomic E-state index is 12.5. The molecule has 1 aliphatic carbocycles. The van der Waals surface area contributed by atoms with E-state index < -0.39 is 0 Å². The van der Waals surface area contributed by atoms with E-state index in [1.54, 1.807) is 6.33 Å². The van der Waals surface area contributed by atoms with Crippen LogP contribution < -0.4 is 0 Å². The first-order chi connectivity index (χ1) is 9.01. The molecule has 0 spiro atoms. The Morgan fingerprint density at radius 2 is 2.05 bits per heavy atom. The van der Waals surface area contributed by atoms with Gasteiger partial charge in [0, 0.05) is 12.0 Å². The molecule has 1 saturated carbocycles. The van der Waals surface area contributed by atoms with Crippen LogP contribution >= 0.6 is 0 Å². The van der Waals surface area contributed by atoms with Gasteiger partial charge in [-0.1, -0.05) is 40.0 Å². The van der Waals surface area contributed by atoms with Crippen molar-refractivity contribution in [3.63, 3.8) is 0 Å². The molecule has 1 fully saturated rings. The molecule has 1 aromatic rings. The number of nitrogens with zero attached hydrogens (tertiary/aromatic N) is 3. The second-order valence-electron chi connectivity index (χ2n) is 6.47. The third-order valence-electron chi connectivity index (χ3n) is 4.18. The molecule has 4 nitrogen and oxygen atoms in total. The van der Waals surface area contributed by atoms with Crippen molar-refractivity contribution in [3.8, 4) is 0 Å². The van der Waals surface area contributed by atoms with Crippen LogP contribution in [0.5, 0.6) is 0 Å². The Bertz CT molecular complexity index is 430. The maximum Gasteiger partial charge on any atom is 0.146 e. The molecule has 2 rings (SSSR count). The molecule has 0 bridgehead atoms. The summed E-state index contributed by atoms with van der Waals surface area (Å²) < 4.78 is 1.88. The highest BCUT2D eigenvalue weighted by Crippen LogP contribution is 2.37. The highest BCUT2D eigenvalue weighted by atomic mass is 16.1. The highest BCUT2D eigenvalue weighted by molar-refractivity contribution is 5.85. The van der Waals surface area contributed by atoms with Gasteiger partial charge in [-0.2, -0.15) is 5.10 Å². The fourth-order valence-electron chi connectivity index (χ4n) is 2.89. The van der Waals surface area contributed by atoms with Gasteiger partial charge in [0.25, 0.3) is 0 Å². The summed E-state index contributed by atoms with van der Waals surface area (Å²) in [5.74, 6) is 1.68. The van der Waals surface area contributed by atoms with Crippen LogP contribution in [-0.4, -0.2) is 20.5 Å². The number of aromatic nitrogens is 3. The van der Waals surface area contributed by atoms with Crippen LogP contribution in [-0.2, 0) is 17.8 Å². The van der Waals surface area contributed by atoms with E-state index in [1.165, 1.54) is 19.3 Å². The Morgan fingerprint density at radius 1 is 1.37 bits per heavy atom. The quantitative estimate of drug-likeness (QED) is 0.820. The van der Waals surface area contributed by atoms with Gasteiger partial charge in [-0.15, -0.1) is 0 Å². The van der Waals surface area contributed by atoms with E-state index in [4.69, 9.17) is 0 Å². The highest BCUT2D eigenvalue weighted by Gasteiger charge is 2.34. The Kier molecular flexibility index (Phi) is 4.38. The Balaban J connectivity index is 2.04. The molecule has 0 aliphatic heterocycles. The van der Waals surface area contributed by atoms with Crippen molar-refractivity contribution in [2.24, 2.45) is 11.3 Å². The molecule has 4 heteroatoms. The summed E-state index contributed by atoms with van der Waals surface area (Å²) in [4.78, 5) is 16.8. The van der Waals surface area contributed by atoms with Crippen LogP contribution in [0.2, 0.25) is 0 Å². The lowest BCUT2D eigenvalue weighted by Crippen LogP contribution is -2.32. The lowest BCUT2D eigenvalue weighted by Gasteiger charge is -2.31. The van der Waals surface area contributed by atoms with E-state index in [2.05, 4.69) is 30.9 Å². The van der Waals surface area contributed by atoms with E-state index in [1.807, 2.05) is 4.68 Å². The molecule has 0 amide bonds. The van der Waals surface area contributed by atoms with Crippen molar-refractivity contribution in [3.05, 3.63) is 12.2 Å². The average Bonchev–Trinajstić information content (AvgIpc) is 2.76. The van der Waals surface area contributed by atoms with Crippen LogP contribution in [0.15, 0.2) is 6.33 Å². The number of carbonyl (C=O) groups excluding carboxylic acids is 1. The van der Waals surface area contributed by atoms with Crippen molar-refractivity contribution in [1.29, 1.82) is 0 Å². The molecule has 0 N–H and O–H groups in total. The van der Waals surface area contributed by atoms with E-state index in [0.717, 1.165) is 25.2 Å². The second kappa shape index (κ2) is 5.85. The third-order valence-corrected chi connectivity index (χ3v) is 4.18. The van der Waals surface area contributed by atoms with Crippen molar-refractivity contribution in [2.75, 3.05) is 0 Å². The fourth-order valence-corrected chi connectivity index (χ4v) is 2.89. The zero-order valence-electron chi connectivity index (χ0n) is 12.4. The zero-order valence-corrected chi connectivity index (χ0v) is 12.4. The maximum atomic E-state index is 12.5. The van der Waals surface area contributed by atoms with Gasteiger partial charge in [-0.05, 0) is 18.8 Å². The number of carbonyl (C=O) groups is 1. The van der Waals surface area contributed by atoms with Crippen molar-refractivity contribution < 1.29 is 4.79 Å². The van der Waals surface area contributed by atoms with E-state index in [0.29, 0.717) is 18.1 Å². The summed E-state index contributed by atoms with van der Waals surface area (Å²) >= 11 is 0. The SMILES string of the molecule is CC(C)Cn1ncnc1CC(=O)C1(C)CCCCC1. The third kappa shape index (κ3) is 3.43. The Hall–Kier alpha value is -1.19. The van der Waals surface area contributed by atoms with Gasteiger partial charge in [0.2, 0.25) is 0 Å². The van der Waals surface area contributed by atoms with Gasteiger partial charge in [0.1, 0.15) is 17.9 Å². The first kappa shape index (κ1) is 14.2. The monoisotopic (exact) mass is 263 g/mol. The van der Waals surface area contributed by atoms with Gasteiger partial charge in [-0.25, -0.2) is 9.67 Å². The van der Waals surface area contributed by atoms with Crippen molar-refractivity contribution >= 4 is 5.78 Å². The normalized spacial score (nSPS) is 18.7. The molecule has 0 aromatic carbocycles. The lowest BCUT2D eigenvalue weighted by atomic mass is 9.72. The predicted molar refractivity (Wildman–Crippen MR) is 74.8 cm³/mol. The molecule has 0 radical (unpaired) electrons. The Labute approximate surface area is 115 Å². The Morgan fingerprint density at radius 3 is 2.68 bits per heavy atom. The summed E-state index contributed by atoms with van der Waals surface area (Å²) in [5.41, 5.74) is -0.132. The molecular weight excluding hydrogens is 238 g/mol. The summed E-state index contributed by atoms with van der Waals surface area (Å²) in [6.07, 6.45) is 7.69. The number of hydrogen-bond donors (Lipinski definition) is 0. The first-order valence-corrected chi connectivity index (χ1v) is 7.41. The lowest BCUT2D eigenvalue weighted by molar-refractivity contribution is -0.129. The van der Waals surface area contributed by atoms with Crippen LogP contribution in [0, 0.1) is 11.3 Å². The minimum absolute atomic E-state index is 0.132. The molecule has 19 heavy (non-hydrogen) atoms. The summed E-state index contributed by atoms with van der Waals surface area (Å²) in [6.45, 7) is 7.25. The standard InChI is InChI=1S/C15H25N3O/c1-12(2)10-18-14(16-11-17-18)9-13(19)15(3)7-5-4-6-8-15/h11-12H,4-10H2,1-3H3. The fraction of sp³-hybridized carbons (Fsp3) is 0.800. The van der Waals surface area contributed by atoms with Gasteiger partial charge in [0.15, 0.2) is 0 Å². The number of rotatable bonds is 5. The molecule has 1 aromatic heterocycles. The minimum atomic E-state index is -0.132. The summed E-state index contributed by atoms with van der Waals surface area (Å²) in [5, 5.41) is 4.23. The zero-order chi connectivity index (χ0) is 13.9. The molecule has 106 valence electrons. The average molecular weight is 263 g/mol. The van der Waals surface area contributed by atoms with Crippen LogP contribution in [0.3, 0.4) is 0 Å². The molecule has 0 saturated heterocycles. The van der Waals surface area contributed by atoms with Crippen LogP contribution in [0.1, 0.15) is 58.7 Å². The van der Waals surface area contributed by atoms with E-state index in [9.17, 15) is 4.79 Å². The number of Topliss-reactive ketones (excluding diaryl/α,β-unsaturated/α-hetero) is 1.